The van der Waals surface area contributed by atoms with Crippen molar-refractivity contribution in [3.63, 3.8) is 0 Å². The molecule has 0 fully saturated rings. The predicted octanol–water partition coefficient (Wildman–Crippen LogP) is 4.63. The van der Waals surface area contributed by atoms with Crippen LogP contribution in [0.4, 0.5) is 0 Å². The molecule has 3 heteroatoms. The van der Waals surface area contributed by atoms with Crippen LogP contribution in [0.2, 0.25) is 0 Å². The minimum absolute atomic E-state index is 0.0207. The predicted molar refractivity (Wildman–Crippen MR) is 101 cm³/mol. The molecule has 0 saturated carbocycles. The maximum Gasteiger partial charge on any atom is 0.250 e. The highest BCUT2D eigenvalue weighted by atomic mass is 16.2. The number of fused-ring (bicyclic) bond motifs is 1. The largest absolute Gasteiger partial charge is 0.361 e. The molecule has 126 valence electrons. The lowest BCUT2D eigenvalue weighted by molar-refractivity contribution is -0.127. The number of carbonyl (C=O) groups excluding carboxylic acids is 1. The molecule has 1 amide bonds. The van der Waals surface area contributed by atoms with Crippen LogP contribution in [0.1, 0.15) is 31.0 Å². The molecule has 1 N–H and O–H groups in total. The van der Waals surface area contributed by atoms with Crippen molar-refractivity contribution in [3.8, 4) is 0 Å². The Morgan fingerprint density at radius 1 is 1.00 bits per heavy atom. The van der Waals surface area contributed by atoms with Crippen LogP contribution in [0.5, 0.6) is 0 Å². The lowest BCUT2D eigenvalue weighted by Crippen LogP contribution is -2.32. The van der Waals surface area contributed by atoms with Gasteiger partial charge in [-0.1, -0.05) is 48.5 Å². The van der Waals surface area contributed by atoms with Gasteiger partial charge in [0.1, 0.15) is 0 Å². The first-order valence-corrected chi connectivity index (χ1v) is 8.75. The van der Waals surface area contributed by atoms with Crippen LogP contribution >= 0.6 is 0 Å². The highest BCUT2D eigenvalue weighted by Gasteiger charge is 2.36. The molecule has 1 aliphatic rings. The van der Waals surface area contributed by atoms with Crippen molar-refractivity contribution in [1.29, 1.82) is 0 Å². The average Bonchev–Trinajstić information content (AvgIpc) is 3.16. The molecule has 1 aliphatic heterocycles. The van der Waals surface area contributed by atoms with Crippen molar-refractivity contribution >= 4 is 16.8 Å². The first-order chi connectivity index (χ1) is 12.2. The minimum atomic E-state index is 0.0207. The Morgan fingerprint density at radius 2 is 1.72 bits per heavy atom. The van der Waals surface area contributed by atoms with Crippen LogP contribution < -0.4 is 0 Å². The molecular weight excluding hydrogens is 308 g/mol. The summed E-state index contributed by atoms with van der Waals surface area (Å²) in [5, 5.41) is 1.19. The number of benzene rings is 2. The fraction of sp³-hybridized carbons (Fsp3) is 0.227. The highest BCUT2D eigenvalue weighted by molar-refractivity contribution is 5.98. The zero-order chi connectivity index (χ0) is 17.4. The highest BCUT2D eigenvalue weighted by Crippen LogP contribution is 2.40. The molecule has 0 radical (unpaired) electrons. The van der Waals surface area contributed by atoms with Crippen LogP contribution in [0.3, 0.4) is 0 Å². The number of H-pyrrole nitrogens is 1. The second kappa shape index (κ2) is 6.25. The summed E-state index contributed by atoms with van der Waals surface area (Å²) in [6.45, 7) is 4.76. The van der Waals surface area contributed by atoms with Gasteiger partial charge in [-0.05, 0) is 37.5 Å². The summed E-state index contributed by atoms with van der Waals surface area (Å²) >= 11 is 0. The van der Waals surface area contributed by atoms with E-state index in [9.17, 15) is 4.79 Å². The number of nitrogens with zero attached hydrogens (tertiary/aromatic N) is 1. The molecule has 2 aromatic carbocycles. The Bertz CT molecular complexity index is 952. The van der Waals surface area contributed by atoms with Crippen molar-refractivity contribution in [2.24, 2.45) is 0 Å². The fourth-order valence-corrected chi connectivity index (χ4v) is 3.79. The molecule has 0 unspecified atom stereocenters. The number of hydrogen-bond acceptors (Lipinski definition) is 1. The minimum Gasteiger partial charge on any atom is -0.361 e. The van der Waals surface area contributed by atoms with E-state index in [1.807, 2.05) is 36.1 Å². The average molecular weight is 330 g/mol. The summed E-state index contributed by atoms with van der Waals surface area (Å²) in [5.41, 5.74) is 5.60. The van der Waals surface area contributed by atoms with Gasteiger partial charge in [0.15, 0.2) is 0 Å². The molecule has 3 nitrogen and oxygen atoms in total. The van der Waals surface area contributed by atoms with Gasteiger partial charge < -0.3 is 9.88 Å². The second-order valence-corrected chi connectivity index (χ2v) is 6.73. The van der Waals surface area contributed by atoms with Gasteiger partial charge in [0, 0.05) is 34.8 Å². The van der Waals surface area contributed by atoms with Crippen molar-refractivity contribution in [2.75, 3.05) is 6.54 Å². The molecule has 1 aromatic heterocycles. The molecule has 0 bridgehead atoms. The van der Waals surface area contributed by atoms with E-state index >= 15 is 0 Å². The molecule has 3 aromatic rings. The van der Waals surface area contributed by atoms with Gasteiger partial charge in [-0.2, -0.15) is 0 Å². The van der Waals surface area contributed by atoms with Gasteiger partial charge in [-0.15, -0.1) is 0 Å². The Balaban J connectivity index is 1.69. The first kappa shape index (κ1) is 15.7. The Kier molecular flexibility index (Phi) is 3.92. The molecule has 2 heterocycles. The van der Waals surface area contributed by atoms with Gasteiger partial charge in [-0.25, -0.2) is 0 Å². The number of aromatic nitrogens is 1. The van der Waals surface area contributed by atoms with Crippen molar-refractivity contribution in [3.05, 3.63) is 83.1 Å². The summed E-state index contributed by atoms with van der Waals surface area (Å²) in [6, 6.07) is 18.7. The third-order valence-corrected chi connectivity index (χ3v) is 5.30. The maximum atomic E-state index is 12.8. The van der Waals surface area contributed by atoms with E-state index in [1.165, 1.54) is 16.5 Å². The summed E-state index contributed by atoms with van der Waals surface area (Å²) in [6.07, 6.45) is 2.92. The van der Waals surface area contributed by atoms with Crippen LogP contribution in [-0.2, 0) is 11.2 Å². The zero-order valence-corrected chi connectivity index (χ0v) is 14.6. The van der Waals surface area contributed by atoms with Crippen molar-refractivity contribution in [1.82, 2.24) is 9.88 Å². The van der Waals surface area contributed by atoms with Crippen LogP contribution in [0.15, 0.2) is 71.9 Å². The molecular formula is C22H22N2O. The molecule has 25 heavy (non-hydrogen) atoms. The number of rotatable bonds is 4. The normalized spacial score (nSPS) is 17.8. The Labute approximate surface area is 148 Å². The summed E-state index contributed by atoms with van der Waals surface area (Å²) in [4.78, 5) is 18.2. The fourth-order valence-electron chi connectivity index (χ4n) is 3.79. The molecule has 4 rings (SSSR count). The summed E-state index contributed by atoms with van der Waals surface area (Å²) in [7, 11) is 0. The van der Waals surface area contributed by atoms with Gasteiger partial charge in [0.25, 0.3) is 0 Å². The number of carbonyl (C=O) groups is 1. The topological polar surface area (TPSA) is 36.1 Å². The Hall–Kier alpha value is -2.81. The molecule has 0 spiro atoms. The first-order valence-electron chi connectivity index (χ1n) is 8.75. The van der Waals surface area contributed by atoms with Gasteiger partial charge >= 0.3 is 0 Å². The second-order valence-electron chi connectivity index (χ2n) is 6.73. The van der Waals surface area contributed by atoms with E-state index in [0.29, 0.717) is 0 Å². The van der Waals surface area contributed by atoms with Gasteiger partial charge in [-0.3, -0.25) is 4.79 Å². The van der Waals surface area contributed by atoms with Crippen LogP contribution in [-0.4, -0.2) is 22.3 Å². The lowest BCUT2D eigenvalue weighted by atomic mass is 9.98. The van der Waals surface area contributed by atoms with E-state index in [-0.39, 0.29) is 11.9 Å². The standard InChI is InChI=1S/C22H22N2O/c1-15-16(2)22(25)24(13-12-17-8-4-3-5-9-17)21(15)19-14-23-20-11-7-6-10-18(19)20/h3-11,14,21,23H,12-13H2,1-2H3/t21-/m0/s1. The third kappa shape index (κ3) is 2.66. The number of nitrogens with one attached hydrogen (secondary N) is 1. The Morgan fingerprint density at radius 3 is 2.52 bits per heavy atom. The molecule has 1 atom stereocenters. The summed E-state index contributed by atoms with van der Waals surface area (Å²) in [5.74, 6) is 0.156. The zero-order valence-electron chi connectivity index (χ0n) is 14.6. The lowest BCUT2D eigenvalue weighted by Gasteiger charge is -2.26. The van der Waals surface area contributed by atoms with Crippen LogP contribution in [0.25, 0.3) is 10.9 Å². The number of aromatic amines is 1. The van der Waals surface area contributed by atoms with Crippen molar-refractivity contribution < 1.29 is 4.79 Å². The summed E-state index contributed by atoms with van der Waals surface area (Å²) < 4.78 is 0. The van der Waals surface area contributed by atoms with E-state index in [4.69, 9.17) is 0 Å². The van der Waals surface area contributed by atoms with Gasteiger partial charge in [0.05, 0.1) is 6.04 Å². The SMILES string of the molecule is CC1=C(C)[C@@H](c2c[nH]c3ccccc23)N(CCc2ccccc2)C1=O. The van der Waals surface area contributed by atoms with Crippen molar-refractivity contribution in [2.45, 2.75) is 26.3 Å². The maximum absolute atomic E-state index is 12.8. The van der Waals surface area contributed by atoms with E-state index in [1.54, 1.807) is 0 Å². The van der Waals surface area contributed by atoms with Gasteiger partial charge in [0.2, 0.25) is 5.91 Å². The molecule has 0 aliphatic carbocycles. The quantitative estimate of drug-likeness (QED) is 0.744. The third-order valence-electron chi connectivity index (χ3n) is 5.30. The van der Waals surface area contributed by atoms with E-state index in [2.05, 4.69) is 48.4 Å². The molecule has 0 saturated heterocycles. The number of amides is 1. The smallest absolute Gasteiger partial charge is 0.250 e. The van der Waals surface area contributed by atoms with E-state index in [0.717, 1.165) is 29.6 Å². The number of para-hydroxylation sites is 1. The van der Waals surface area contributed by atoms with E-state index < -0.39 is 0 Å². The monoisotopic (exact) mass is 330 g/mol. The van der Waals surface area contributed by atoms with Crippen LogP contribution in [0, 0.1) is 0 Å². The number of hydrogen-bond donors (Lipinski definition) is 1.